The fraction of sp³-hybridized carbons (Fsp3) is 0.200. The molecule has 0 aliphatic rings. The second-order valence-electron chi connectivity index (χ2n) is 4.69. The van der Waals surface area contributed by atoms with E-state index in [-0.39, 0.29) is 5.91 Å². The first-order valence-electron chi connectivity index (χ1n) is 7.13. The molecule has 0 unspecified atom stereocenters. The van der Waals surface area contributed by atoms with E-state index in [0.29, 0.717) is 6.42 Å². The fourth-order valence-electron chi connectivity index (χ4n) is 1.95. The number of hydrogen-bond donors (Lipinski definition) is 1. The van der Waals surface area contributed by atoms with Crippen LogP contribution in [0.25, 0.3) is 5.69 Å². The van der Waals surface area contributed by atoms with Crippen LogP contribution in [-0.2, 0) is 4.79 Å². The summed E-state index contributed by atoms with van der Waals surface area (Å²) >= 11 is 3.07. The lowest BCUT2D eigenvalue weighted by Gasteiger charge is -2.04. The number of anilines is 1. The van der Waals surface area contributed by atoms with Crippen LogP contribution in [0, 0.1) is 0 Å². The zero-order valence-corrected chi connectivity index (χ0v) is 13.9. The molecule has 0 atom stereocenters. The van der Waals surface area contributed by atoms with Crippen molar-refractivity contribution >= 4 is 34.0 Å². The molecule has 3 rings (SSSR count). The van der Waals surface area contributed by atoms with Crippen LogP contribution >= 0.6 is 23.1 Å². The number of amides is 1. The van der Waals surface area contributed by atoms with E-state index in [9.17, 15) is 4.79 Å². The average Bonchev–Trinajstić information content (AvgIpc) is 3.24. The molecule has 0 radical (unpaired) electrons. The normalized spacial score (nSPS) is 10.6. The van der Waals surface area contributed by atoms with Crippen molar-refractivity contribution in [3.63, 3.8) is 0 Å². The van der Waals surface area contributed by atoms with Gasteiger partial charge in [-0.2, -0.15) is 4.68 Å². The molecule has 2 aromatic heterocycles. The molecule has 0 spiro atoms. The lowest BCUT2D eigenvalue weighted by atomic mass is 10.3. The Labute approximate surface area is 141 Å². The van der Waals surface area contributed by atoms with E-state index < -0.39 is 0 Å². The number of nitrogens with one attached hydrogen (secondary N) is 1. The molecule has 0 fully saturated rings. The Balaban J connectivity index is 1.46. The molecular weight excluding hydrogens is 330 g/mol. The summed E-state index contributed by atoms with van der Waals surface area (Å²) in [7, 11) is 0. The van der Waals surface area contributed by atoms with Crippen LogP contribution in [0.5, 0.6) is 0 Å². The van der Waals surface area contributed by atoms with Gasteiger partial charge in [-0.1, -0.05) is 30.0 Å². The highest BCUT2D eigenvalue weighted by Gasteiger charge is 2.09. The van der Waals surface area contributed by atoms with Crippen molar-refractivity contribution in [2.75, 3.05) is 11.1 Å². The van der Waals surface area contributed by atoms with Crippen molar-refractivity contribution in [1.82, 2.24) is 20.2 Å². The number of benzene rings is 1. The minimum absolute atomic E-state index is 0.0377. The number of carbonyl (C=O) groups excluding carboxylic acids is 1. The number of thiophene rings is 1. The first-order chi connectivity index (χ1) is 11.3. The number of hydrogen-bond acceptors (Lipinski definition) is 6. The van der Waals surface area contributed by atoms with E-state index in [1.807, 2.05) is 47.8 Å². The van der Waals surface area contributed by atoms with E-state index in [1.54, 1.807) is 16.4 Å². The van der Waals surface area contributed by atoms with Gasteiger partial charge >= 0.3 is 0 Å². The Morgan fingerprint density at radius 1 is 1.22 bits per heavy atom. The summed E-state index contributed by atoms with van der Waals surface area (Å²) in [6, 6.07) is 13.6. The summed E-state index contributed by atoms with van der Waals surface area (Å²) in [5, 5.41) is 18.2. The fourth-order valence-corrected chi connectivity index (χ4v) is 3.41. The maximum Gasteiger partial charge on any atom is 0.225 e. The first-order valence-corrected chi connectivity index (χ1v) is 8.99. The molecule has 1 aromatic carbocycles. The molecule has 1 N–H and O–H groups in total. The molecule has 2 heterocycles. The number of para-hydroxylation sites is 1. The maximum atomic E-state index is 11.8. The Kier molecular flexibility index (Phi) is 5.38. The van der Waals surface area contributed by atoms with Gasteiger partial charge in [0.05, 0.1) is 10.7 Å². The predicted octanol–water partition coefficient (Wildman–Crippen LogP) is 3.23. The van der Waals surface area contributed by atoms with Gasteiger partial charge in [0.2, 0.25) is 11.1 Å². The second-order valence-corrected chi connectivity index (χ2v) is 6.70. The standard InChI is InChI=1S/C15H15N5OS2/c21-13(16-14-9-5-10-22-14)8-4-11-23-15-17-18-19-20(15)12-6-2-1-3-7-12/h1-3,5-7,9-10H,4,8,11H2,(H,16,21). The van der Waals surface area contributed by atoms with Crippen molar-refractivity contribution < 1.29 is 4.79 Å². The highest BCUT2D eigenvalue weighted by atomic mass is 32.2. The second kappa shape index (κ2) is 7.89. The van der Waals surface area contributed by atoms with Crippen LogP contribution in [0.3, 0.4) is 0 Å². The Hall–Kier alpha value is -2.19. The SMILES string of the molecule is O=C(CCCSc1nnnn1-c1ccccc1)Nc1cccs1. The molecule has 23 heavy (non-hydrogen) atoms. The third-order valence-corrected chi connectivity index (χ3v) is 4.80. The molecule has 1 amide bonds. The predicted molar refractivity (Wildman–Crippen MR) is 92.1 cm³/mol. The van der Waals surface area contributed by atoms with Crippen LogP contribution in [0.2, 0.25) is 0 Å². The minimum atomic E-state index is 0.0377. The van der Waals surface area contributed by atoms with Gasteiger partial charge in [0, 0.05) is 12.2 Å². The largest absolute Gasteiger partial charge is 0.318 e. The molecule has 8 heteroatoms. The topological polar surface area (TPSA) is 72.7 Å². The third-order valence-electron chi connectivity index (χ3n) is 3.00. The average molecular weight is 345 g/mol. The molecule has 0 saturated heterocycles. The number of nitrogens with zero attached hydrogens (tertiary/aromatic N) is 4. The summed E-state index contributed by atoms with van der Waals surface area (Å²) in [6.07, 6.45) is 1.25. The lowest BCUT2D eigenvalue weighted by molar-refractivity contribution is -0.116. The smallest absolute Gasteiger partial charge is 0.225 e. The van der Waals surface area contributed by atoms with E-state index >= 15 is 0 Å². The number of thioether (sulfide) groups is 1. The van der Waals surface area contributed by atoms with Gasteiger partial charge in [-0.05, 0) is 46.5 Å². The van der Waals surface area contributed by atoms with Crippen LogP contribution in [0.1, 0.15) is 12.8 Å². The van der Waals surface area contributed by atoms with Gasteiger partial charge < -0.3 is 5.32 Å². The minimum Gasteiger partial charge on any atom is -0.318 e. The van der Waals surface area contributed by atoms with Gasteiger partial charge in [0.15, 0.2) is 0 Å². The summed E-state index contributed by atoms with van der Waals surface area (Å²) < 4.78 is 1.70. The monoisotopic (exact) mass is 345 g/mol. The third kappa shape index (κ3) is 4.40. The number of tetrazole rings is 1. The zero-order chi connectivity index (χ0) is 15.9. The summed E-state index contributed by atoms with van der Waals surface area (Å²) in [4.78, 5) is 11.8. The van der Waals surface area contributed by atoms with Gasteiger partial charge in [-0.25, -0.2) is 0 Å². The van der Waals surface area contributed by atoms with E-state index in [0.717, 1.165) is 28.0 Å². The summed E-state index contributed by atoms with van der Waals surface area (Å²) in [5.74, 6) is 0.820. The molecule has 6 nitrogen and oxygen atoms in total. The molecule has 0 saturated carbocycles. The molecule has 3 aromatic rings. The van der Waals surface area contributed by atoms with E-state index in [1.165, 1.54) is 11.3 Å². The number of carbonyl (C=O) groups is 1. The number of aromatic nitrogens is 4. The lowest BCUT2D eigenvalue weighted by Crippen LogP contribution is -2.10. The highest BCUT2D eigenvalue weighted by molar-refractivity contribution is 7.99. The summed E-state index contributed by atoms with van der Waals surface area (Å²) in [6.45, 7) is 0. The van der Waals surface area contributed by atoms with Crippen LogP contribution in [-0.4, -0.2) is 31.9 Å². The Morgan fingerprint density at radius 3 is 2.87 bits per heavy atom. The van der Waals surface area contributed by atoms with Crippen molar-refractivity contribution in [2.45, 2.75) is 18.0 Å². The van der Waals surface area contributed by atoms with Crippen molar-refractivity contribution in [1.29, 1.82) is 0 Å². The zero-order valence-electron chi connectivity index (χ0n) is 12.3. The maximum absolute atomic E-state index is 11.8. The molecule has 0 bridgehead atoms. The first kappa shape index (κ1) is 15.7. The Morgan fingerprint density at radius 2 is 2.09 bits per heavy atom. The highest BCUT2D eigenvalue weighted by Crippen LogP contribution is 2.20. The molecule has 0 aliphatic heterocycles. The van der Waals surface area contributed by atoms with Gasteiger partial charge in [0.25, 0.3) is 0 Å². The van der Waals surface area contributed by atoms with E-state index in [2.05, 4.69) is 20.8 Å². The molecule has 0 aliphatic carbocycles. The van der Waals surface area contributed by atoms with Crippen LogP contribution in [0.15, 0.2) is 53.0 Å². The summed E-state index contributed by atoms with van der Waals surface area (Å²) in [5.41, 5.74) is 0.926. The molecular formula is C15H15N5OS2. The van der Waals surface area contributed by atoms with Crippen LogP contribution in [0.4, 0.5) is 5.00 Å². The number of rotatable bonds is 7. The Bertz CT molecular complexity index is 742. The quantitative estimate of drug-likeness (QED) is 0.526. The van der Waals surface area contributed by atoms with Gasteiger partial charge in [0.1, 0.15) is 0 Å². The van der Waals surface area contributed by atoms with Gasteiger partial charge in [-0.15, -0.1) is 16.4 Å². The van der Waals surface area contributed by atoms with Gasteiger partial charge in [-0.3, -0.25) is 4.79 Å². The molecule has 118 valence electrons. The van der Waals surface area contributed by atoms with Crippen molar-refractivity contribution in [3.05, 3.63) is 47.8 Å². The van der Waals surface area contributed by atoms with E-state index in [4.69, 9.17) is 0 Å². The van der Waals surface area contributed by atoms with Crippen molar-refractivity contribution in [3.8, 4) is 5.69 Å². The van der Waals surface area contributed by atoms with Crippen molar-refractivity contribution in [2.24, 2.45) is 0 Å². The van der Waals surface area contributed by atoms with Crippen LogP contribution < -0.4 is 5.32 Å².